The molecule has 2 N–H and O–H groups in total. The highest BCUT2D eigenvalue weighted by Crippen LogP contribution is 2.41. The van der Waals surface area contributed by atoms with Gasteiger partial charge in [0.2, 0.25) is 6.41 Å². The summed E-state index contributed by atoms with van der Waals surface area (Å²) in [5, 5.41) is 18.5. The van der Waals surface area contributed by atoms with E-state index in [-0.39, 0.29) is 55.3 Å². The van der Waals surface area contributed by atoms with Crippen LogP contribution in [0.5, 0.6) is 0 Å². The van der Waals surface area contributed by atoms with Gasteiger partial charge in [-0.2, -0.15) is 19.1 Å². The average Bonchev–Trinajstić information content (AvgIpc) is 3.08. The van der Waals surface area contributed by atoms with Gasteiger partial charge in [0.1, 0.15) is 17.6 Å². The van der Waals surface area contributed by atoms with E-state index in [9.17, 15) is 14.0 Å². The molecule has 0 saturated heterocycles. The van der Waals surface area contributed by atoms with Gasteiger partial charge in [0, 0.05) is 43.7 Å². The van der Waals surface area contributed by atoms with Gasteiger partial charge in [0.25, 0.3) is 5.92 Å². The predicted molar refractivity (Wildman–Crippen MR) is 107 cm³/mol. The summed E-state index contributed by atoms with van der Waals surface area (Å²) in [5.41, 5.74) is 0.748. The molecule has 0 spiro atoms. The van der Waals surface area contributed by atoms with Gasteiger partial charge in [0.05, 0.1) is 17.8 Å². The fraction of sp³-hybridized carbons (Fsp3) is 0.429. The molecule has 2 aliphatic rings. The van der Waals surface area contributed by atoms with Crippen molar-refractivity contribution in [3.05, 3.63) is 46.5 Å². The first-order valence-electron chi connectivity index (χ1n) is 10.2. The third-order valence-electron chi connectivity index (χ3n) is 5.86. The minimum Gasteiger partial charge on any atom is -0.358 e. The summed E-state index contributed by atoms with van der Waals surface area (Å²) in [6.07, 6.45) is 0.745. The lowest BCUT2D eigenvalue weighted by molar-refractivity contribution is -0.109. The maximum Gasteiger partial charge on any atom is 0.322 e. The highest BCUT2D eigenvalue weighted by Gasteiger charge is 2.43. The number of carbonyl (C=O) groups is 2. The van der Waals surface area contributed by atoms with E-state index in [1.807, 2.05) is 0 Å². The summed E-state index contributed by atoms with van der Waals surface area (Å²) >= 11 is 0. The molecular weight excluding hydrogens is 425 g/mol. The van der Waals surface area contributed by atoms with Crippen molar-refractivity contribution in [3.8, 4) is 6.07 Å². The zero-order chi connectivity index (χ0) is 22.9. The van der Waals surface area contributed by atoms with Crippen molar-refractivity contribution < 1.29 is 22.8 Å². The number of alkyl halides is 2. The maximum atomic E-state index is 15.0. The van der Waals surface area contributed by atoms with Gasteiger partial charge >= 0.3 is 6.03 Å². The first-order chi connectivity index (χ1) is 15.3. The minimum absolute atomic E-state index is 0.0321. The third kappa shape index (κ3) is 4.12. The van der Waals surface area contributed by atoms with Gasteiger partial charge < -0.3 is 15.5 Å². The minimum atomic E-state index is -3.10. The maximum absolute atomic E-state index is 15.0. The van der Waals surface area contributed by atoms with E-state index in [1.165, 1.54) is 21.7 Å². The van der Waals surface area contributed by atoms with Gasteiger partial charge in [-0.1, -0.05) is 0 Å². The van der Waals surface area contributed by atoms with Crippen molar-refractivity contribution >= 4 is 18.1 Å². The Morgan fingerprint density at radius 3 is 2.97 bits per heavy atom. The van der Waals surface area contributed by atoms with Crippen LogP contribution in [0, 0.1) is 23.1 Å². The van der Waals surface area contributed by atoms with Crippen LogP contribution in [0.15, 0.2) is 18.2 Å². The molecule has 0 fully saturated rings. The second-order valence-corrected chi connectivity index (χ2v) is 8.00. The number of nitriles is 1. The number of nitrogens with zero attached hydrogens (tertiary/aromatic N) is 4. The number of benzene rings is 1. The van der Waals surface area contributed by atoms with Crippen LogP contribution < -0.4 is 10.6 Å². The molecule has 32 heavy (non-hydrogen) atoms. The van der Waals surface area contributed by atoms with Gasteiger partial charge in [-0.25, -0.2) is 9.18 Å². The summed E-state index contributed by atoms with van der Waals surface area (Å²) in [5.74, 6) is -3.96. The van der Waals surface area contributed by atoms with E-state index in [2.05, 4.69) is 15.7 Å². The number of urea groups is 1. The van der Waals surface area contributed by atoms with Gasteiger partial charge in [-0.05, 0) is 30.5 Å². The molecule has 1 atom stereocenters. The summed E-state index contributed by atoms with van der Waals surface area (Å²) in [6, 6.07) is 4.80. The number of rotatable bonds is 4. The van der Waals surface area contributed by atoms with Crippen LogP contribution in [0.4, 0.5) is 23.7 Å². The lowest BCUT2D eigenvalue weighted by Gasteiger charge is -2.28. The molecule has 4 rings (SSSR count). The normalized spacial score (nSPS) is 19.2. The molecule has 3 heterocycles. The molecule has 1 unspecified atom stereocenters. The molecule has 0 saturated carbocycles. The van der Waals surface area contributed by atoms with E-state index in [0.717, 1.165) is 6.07 Å². The van der Waals surface area contributed by atoms with Crippen LogP contribution in [-0.4, -0.2) is 40.2 Å². The number of hydrogen-bond acceptors (Lipinski definition) is 4. The summed E-state index contributed by atoms with van der Waals surface area (Å²) in [4.78, 5) is 24.7. The van der Waals surface area contributed by atoms with Gasteiger partial charge in [0.15, 0.2) is 0 Å². The molecule has 2 aliphatic heterocycles. The van der Waals surface area contributed by atoms with Crippen LogP contribution in [0.1, 0.15) is 35.4 Å². The van der Waals surface area contributed by atoms with Crippen LogP contribution in [0.2, 0.25) is 0 Å². The lowest BCUT2D eigenvalue weighted by Crippen LogP contribution is -2.39. The molecule has 2 aromatic rings. The number of anilines is 1. The number of aromatic nitrogens is 2. The fourth-order valence-corrected chi connectivity index (χ4v) is 4.25. The number of hydrogen-bond donors (Lipinski definition) is 2. The van der Waals surface area contributed by atoms with E-state index < -0.39 is 17.8 Å². The van der Waals surface area contributed by atoms with Crippen molar-refractivity contribution in [2.45, 2.75) is 38.3 Å². The number of amides is 3. The van der Waals surface area contributed by atoms with Crippen LogP contribution in [0.25, 0.3) is 0 Å². The largest absolute Gasteiger partial charge is 0.358 e. The Kier molecular flexibility index (Phi) is 5.78. The molecular formula is C21H21F3N6O2. The predicted octanol–water partition coefficient (Wildman–Crippen LogP) is 2.73. The molecule has 0 radical (unpaired) electrons. The van der Waals surface area contributed by atoms with E-state index in [0.29, 0.717) is 30.6 Å². The Morgan fingerprint density at radius 2 is 2.22 bits per heavy atom. The Balaban J connectivity index is 1.55. The zero-order valence-electron chi connectivity index (χ0n) is 17.1. The Bertz CT molecular complexity index is 1090. The van der Waals surface area contributed by atoms with E-state index in [4.69, 9.17) is 5.26 Å². The highest BCUT2D eigenvalue weighted by atomic mass is 19.3. The first-order valence-corrected chi connectivity index (χ1v) is 10.2. The quantitative estimate of drug-likeness (QED) is 0.705. The van der Waals surface area contributed by atoms with E-state index >= 15 is 8.78 Å². The molecule has 1 aromatic carbocycles. The zero-order valence-corrected chi connectivity index (χ0v) is 17.1. The van der Waals surface area contributed by atoms with E-state index in [1.54, 1.807) is 6.07 Å². The van der Waals surface area contributed by atoms with Crippen molar-refractivity contribution in [3.63, 3.8) is 0 Å². The second kappa shape index (κ2) is 8.53. The second-order valence-electron chi connectivity index (χ2n) is 8.00. The standard InChI is InChI=1S/C21H21F3N6O2/c22-17-2-1-15(7-14(17)8-25)27-20(32)29-6-4-18-16(11-29)19-21(23,24)5-3-13(9-26-12-31)10-30(19)28-18/h1-2,7,12-13H,3-6,9-11H2,(H,26,31)(H,27,32). The van der Waals surface area contributed by atoms with Crippen LogP contribution in [-0.2, 0) is 30.2 Å². The Hall–Kier alpha value is -3.55. The van der Waals surface area contributed by atoms with Gasteiger partial charge in [-0.15, -0.1) is 0 Å². The monoisotopic (exact) mass is 446 g/mol. The Labute approximate surface area is 182 Å². The lowest BCUT2D eigenvalue weighted by atomic mass is 9.98. The smallest absolute Gasteiger partial charge is 0.322 e. The summed E-state index contributed by atoms with van der Waals surface area (Å²) in [6.45, 7) is 0.802. The van der Waals surface area contributed by atoms with Crippen molar-refractivity contribution in [1.82, 2.24) is 20.0 Å². The molecule has 1 aromatic heterocycles. The highest BCUT2D eigenvalue weighted by molar-refractivity contribution is 5.89. The molecule has 168 valence electrons. The first kappa shape index (κ1) is 21.7. The van der Waals surface area contributed by atoms with Crippen molar-refractivity contribution in [2.24, 2.45) is 5.92 Å². The van der Waals surface area contributed by atoms with Crippen LogP contribution >= 0.6 is 0 Å². The van der Waals surface area contributed by atoms with Crippen molar-refractivity contribution in [1.29, 1.82) is 5.26 Å². The number of carbonyl (C=O) groups excluding carboxylic acids is 2. The average molecular weight is 446 g/mol. The molecule has 0 aliphatic carbocycles. The SMILES string of the molecule is N#Cc1cc(NC(=O)N2CCc3nn4c(c3C2)C(F)(F)CCC(CNC=O)C4)ccc1F. The fourth-order valence-electron chi connectivity index (χ4n) is 4.25. The topological polar surface area (TPSA) is 103 Å². The third-order valence-corrected chi connectivity index (χ3v) is 5.86. The van der Waals surface area contributed by atoms with Crippen molar-refractivity contribution in [2.75, 3.05) is 18.4 Å². The summed E-state index contributed by atoms with van der Waals surface area (Å²) in [7, 11) is 0. The molecule has 8 nitrogen and oxygen atoms in total. The number of fused-ring (bicyclic) bond motifs is 3. The molecule has 11 heteroatoms. The van der Waals surface area contributed by atoms with Crippen LogP contribution in [0.3, 0.4) is 0 Å². The number of nitrogens with one attached hydrogen (secondary N) is 2. The molecule has 0 bridgehead atoms. The molecule has 3 amide bonds. The Morgan fingerprint density at radius 1 is 1.41 bits per heavy atom. The summed E-state index contributed by atoms with van der Waals surface area (Å²) < 4.78 is 44.9. The van der Waals surface area contributed by atoms with Gasteiger partial charge in [-0.3, -0.25) is 9.48 Å². The number of halogens is 3.